The molecule has 0 saturated carbocycles. The van der Waals surface area contributed by atoms with Gasteiger partial charge in [-0.25, -0.2) is 22.8 Å². The number of aromatic nitrogens is 2. The van der Waals surface area contributed by atoms with Crippen LogP contribution in [0, 0.1) is 12.7 Å². The highest BCUT2D eigenvalue weighted by atomic mass is 32.2. The number of amides is 1. The second-order valence-corrected chi connectivity index (χ2v) is 11.0. The highest BCUT2D eigenvalue weighted by molar-refractivity contribution is 7.91. The standard InChI is InChI=1S/C22H25FN4O3S2/c1-15-11-17(23)12-24-22(15)26-8-9-27(16(2)13-26)20(28)7-4-10-32(29,30)19-6-3-5-18-21(19)31-14-25-18/h3,5-6,11-12,14,16H,4,7-10,13H2,1-2H3/t16-/m0/s1. The lowest BCUT2D eigenvalue weighted by Gasteiger charge is -2.41. The van der Waals surface area contributed by atoms with Gasteiger partial charge in [-0.05, 0) is 44.0 Å². The quantitative estimate of drug-likeness (QED) is 0.542. The van der Waals surface area contributed by atoms with E-state index in [0.717, 1.165) is 11.4 Å². The van der Waals surface area contributed by atoms with Crippen molar-refractivity contribution in [2.45, 2.75) is 37.6 Å². The van der Waals surface area contributed by atoms with E-state index in [1.807, 2.05) is 13.8 Å². The highest BCUT2D eigenvalue weighted by Crippen LogP contribution is 2.27. The number of halogens is 1. The van der Waals surface area contributed by atoms with Crippen LogP contribution in [0.3, 0.4) is 0 Å². The fourth-order valence-corrected chi connectivity index (χ4v) is 6.80. The van der Waals surface area contributed by atoms with E-state index in [0.29, 0.717) is 29.9 Å². The Morgan fingerprint density at radius 2 is 2.09 bits per heavy atom. The molecule has 1 saturated heterocycles. The normalized spacial score (nSPS) is 17.2. The Hall–Kier alpha value is -2.59. The molecule has 1 fully saturated rings. The van der Waals surface area contributed by atoms with Crippen molar-refractivity contribution >= 4 is 43.1 Å². The molecule has 0 unspecified atom stereocenters. The predicted molar refractivity (Wildman–Crippen MR) is 123 cm³/mol. The predicted octanol–water partition coefficient (Wildman–Crippen LogP) is 3.43. The van der Waals surface area contributed by atoms with Crippen molar-refractivity contribution in [1.29, 1.82) is 0 Å². The number of fused-ring (bicyclic) bond motifs is 1. The molecule has 2 aromatic heterocycles. The molecule has 1 atom stereocenters. The maximum atomic E-state index is 13.4. The Morgan fingerprint density at radius 1 is 1.28 bits per heavy atom. The first-order valence-electron chi connectivity index (χ1n) is 10.5. The number of anilines is 1. The van der Waals surface area contributed by atoms with E-state index in [-0.39, 0.29) is 41.3 Å². The molecule has 0 N–H and O–H groups in total. The van der Waals surface area contributed by atoms with Gasteiger partial charge < -0.3 is 9.80 Å². The Labute approximate surface area is 190 Å². The van der Waals surface area contributed by atoms with Crippen molar-refractivity contribution in [3.63, 3.8) is 0 Å². The van der Waals surface area contributed by atoms with Gasteiger partial charge in [0.05, 0.1) is 32.6 Å². The fraction of sp³-hybridized carbons (Fsp3) is 0.409. The van der Waals surface area contributed by atoms with Gasteiger partial charge in [0, 0.05) is 32.1 Å². The van der Waals surface area contributed by atoms with Crippen LogP contribution < -0.4 is 4.90 Å². The highest BCUT2D eigenvalue weighted by Gasteiger charge is 2.29. The van der Waals surface area contributed by atoms with E-state index < -0.39 is 9.84 Å². The average molecular weight is 477 g/mol. The van der Waals surface area contributed by atoms with Crippen molar-refractivity contribution in [2.75, 3.05) is 30.3 Å². The topological polar surface area (TPSA) is 83.5 Å². The summed E-state index contributed by atoms with van der Waals surface area (Å²) in [7, 11) is -3.50. The Kier molecular flexibility index (Phi) is 6.43. The molecule has 3 aromatic rings. The maximum Gasteiger partial charge on any atom is 0.222 e. The molecular formula is C22H25FN4O3S2. The zero-order valence-corrected chi connectivity index (χ0v) is 19.6. The number of nitrogens with zero attached hydrogens (tertiary/aromatic N) is 4. The third kappa shape index (κ3) is 4.61. The molecule has 170 valence electrons. The van der Waals surface area contributed by atoms with Crippen LogP contribution in [0.1, 0.15) is 25.3 Å². The Bertz CT molecular complexity index is 1240. The maximum absolute atomic E-state index is 13.4. The summed E-state index contributed by atoms with van der Waals surface area (Å²) >= 11 is 1.31. The summed E-state index contributed by atoms with van der Waals surface area (Å²) in [6.45, 7) is 5.49. The van der Waals surface area contributed by atoms with Crippen molar-refractivity contribution in [1.82, 2.24) is 14.9 Å². The molecule has 7 nitrogen and oxygen atoms in total. The summed E-state index contributed by atoms with van der Waals surface area (Å²) in [4.78, 5) is 25.3. The molecule has 0 bridgehead atoms. The van der Waals surface area contributed by atoms with Gasteiger partial charge >= 0.3 is 0 Å². The molecule has 1 aliphatic heterocycles. The summed E-state index contributed by atoms with van der Waals surface area (Å²) in [5.41, 5.74) is 3.07. The minimum Gasteiger partial charge on any atom is -0.353 e. The second-order valence-electron chi connectivity index (χ2n) is 8.06. The average Bonchev–Trinajstić information content (AvgIpc) is 3.22. The third-order valence-electron chi connectivity index (χ3n) is 5.72. The molecule has 1 amide bonds. The summed E-state index contributed by atoms with van der Waals surface area (Å²) < 4.78 is 39.7. The zero-order chi connectivity index (χ0) is 22.9. The number of carbonyl (C=O) groups is 1. The third-order valence-corrected chi connectivity index (χ3v) is 8.57. The van der Waals surface area contributed by atoms with Crippen molar-refractivity contribution in [3.8, 4) is 0 Å². The molecule has 1 aromatic carbocycles. The number of aryl methyl sites for hydroxylation is 1. The number of benzene rings is 1. The smallest absolute Gasteiger partial charge is 0.222 e. The lowest BCUT2D eigenvalue weighted by molar-refractivity contribution is -0.133. The van der Waals surface area contributed by atoms with Crippen LogP contribution in [0.2, 0.25) is 0 Å². The van der Waals surface area contributed by atoms with E-state index in [4.69, 9.17) is 0 Å². The summed E-state index contributed by atoms with van der Waals surface area (Å²) in [6.07, 6.45) is 1.65. The molecule has 1 aliphatic rings. The summed E-state index contributed by atoms with van der Waals surface area (Å²) in [5.74, 6) is 0.235. The molecule has 10 heteroatoms. The first-order chi connectivity index (χ1) is 15.3. The summed E-state index contributed by atoms with van der Waals surface area (Å²) in [5, 5.41) is 0. The number of hydrogen-bond donors (Lipinski definition) is 0. The van der Waals surface area contributed by atoms with Crippen molar-refractivity contribution in [3.05, 3.63) is 47.4 Å². The second kappa shape index (κ2) is 9.11. The van der Waals surface area contributed by atoms with Gasteiger partial charge in [0.25, 0.3) is 0 Å². The van der Waals surface area contributed by atoms with Crippen LogP contribution in [0.15, 0.2) is 40.9 Å². The van der Waals surface area contributed by atoms with Crippen LogP contribution in [-0.4, -0.2) is 60.6 Å². The molecule has 32 heavy (non-hydrogen) atoms. The van der Waals surface area contributed by atoms with E-state index in [1.165, 1.54) is 23.6 Å². The Balaban J connectivity index is 1.34. The molecular weight excluding hydrogens is 451 g/mol. The number of thiazole rings is 1. The number of rotatable bonds is 6. The zero-order valence-electron chi connectivity index (χ0n) is 18.0. The number of piperazine rings is 1. The van der Waals surface area contributed by atoms with Gasteiger partial charge in [-0.2, -0.15) is 0 Å². The minimum atomic E-state index is -3.50. The number of hydrogen-bond acceptors (Lipinski definition) is 7. The molecule has 0 aliphatic carbocycles. The first kappa shape index (κ1) is 22.6. The van der Waals surface area contributed by atoms with Crippen LogP contribution >= 0.6 is 11.3 Å². The number of carbonyl (C=O) groups excluding carboxylic acids is 1. The van der Waals surface area contributed by atoms with E-state index in [2.05, 4.69) is 14.9 Å². The van der Waals surface area contributed by atoms with Crippen LogP contribution in [0.5, 0.6) is 0 Å². The molecule has 3 heterocycles. The molecule has 0 radical (unpaired) electrons. The van der Waals surface area contributed by atoms with Gasteiger partial charge in [-0.15, -0.1) is 11.3 Å². The summed E-state index contributed by atoms with van der Waals surface area (Å²) in [6, 6.07) is 6.49. The van der Waals surface area contributed by atoms with Crippen LogP contribution in [0.4, 0.5) is 10.2 Å². The van der Waals surface area contributed by atoms with E-state index in [9.17, 15) is 17.6 Å². The molecule has 4 rings (SSSR count). The monoisotopic (exact) mass is 476 g/mol. The minimum absolute atomic E-state index is 0.0489. The van der Waals surface area contributed by atoms with Gasteiger partial charge in [0.1, 0.15) is 11.6 Å². The van der Waals surface area contributed by atoms with Crippen molar-refractivity contribution < 1.29 is 17.6 Å². The van der Waals surface area contributed by atoms with Gasteiger partial charge in [0.15, 0.2) is 9.84 Å². The first-order valence-corrected chi connectivity index (χ1v) is 13.0. The number of sulfone groups is 1. The van der Waals surface area contributed by atoms with Gasteiger partial charge in [-0.1, -0.05) is 6.07 Å². The number of pyridine rings is 1. The van der Waals surface area contributed by atoms with Crippen molar-refractivity contribution in [2.24, 2.45) is 0 Å². The van der Waals surface area contributed by atoms with Gasteiger partial charge in [-0.3, -0.25) is 4.79 Å². The lowest BCUT2D eigenvalue weighted by atomic mass is 10.1. The van der Waals surface area contributed by atoms with E-state index >= 15 is 0 Å². The van der Waals surface area contributed by atoms with E-state index in [1.54, 1.807) is 28.6 Å². The largest absolute Gasteiger partial charge is 0.353 e. The van der Waals surface area contributed by atoms with Crippen LogP contribution in [0.25, 0.3) is 10.2 Å². The Morgan fingerprint density at radius 3 is 2.84 bits per heavy atom. The lowest BCUT2D eigenvalue weighted by Crippen LogP contribution is -2.54. The van der Waals surface area contributed by atoms with Gasteiger partial charge in [0.2, 0.25) is 5.91 Å². The molecule has 0 spiro atoms. The SMILES string of the molecule is Cc1cc(F)cnc1N1CCN(C(=O)CCCS(=O)(=O)c2cccc3ncsc23)[C@@H](C)C1. The van der Waals surface area contributed by atoms with Crippen LogP contribution in [-0.2, 0) is 14.6 Å². The fourth-order valence-electron chi connectivity index (χ4n) is 4.16.